The molecule has 0 bridgehead atoms. The van der Waals surface area contributed by atoms with Gasteiger partial charge in [0, 0.05) is 25.0 Å². The van der Waals surface area contributed by atoms with Crippen molar-refractivity contribution in [3.05, 3.63) is 35.9 Å². The number of anilines is 1. The molecule has 1 aliphatic rings. The number of hydrogen-bond acceptors (Lipinski definition) is 3. The minimum Gasteiger partial charge on any atom is -0.370 e. The van der Waals surface area contributed by atoms with Crippen molar-refractivity contribution in [3.8, 4) is 0 Å². The maximum absolute atomic E-state index is 12.7. The first-order valence-electron chi connectivity index (χ1n) is 7.22. The van der Waals surface area contributed by atoms with E-state index >= 15 is 0 Å². The third kappa shape index (κ3) is 2.33. The van der Waals surface area contributed by atoms with Crippen molar-refractivity contribution in [3.63, 3.8) is 0 Å². The Morgan fingerprint density at radius 2 is 2.05 bits per heavy atom. The molecule has 0 unspecified atom stereocenters. The van der Waals surface area contributed by atoms with E-state index in [1.54, 1.807) is 0 Å². The zero-order valence-corrected chi connectivity index (χ0v) is 11.7. The van der Waals surface area contributed by atoms with Crippen molar-refractivity contribution in [1.82, 2.24) is 9.88 Å². The van der Waals surface area contributed by atoms with Crippen LogP contribution in [0, 0.1) is 0 Å². The molecule has 1 saturated heterocycles. The number of benzene rings is 1. The van der Waals surface area contributed by atoms with Crippen molar-refractivity contribution < 1.29 is 4.79 Å². The maximum Gasteiger partial charge on any atom is 0.254 e. The zero-order valence-electron chi connectivity index (χ0n) is 11.7. The highest BCUT2D eigenvalue weighted by Crippen LogP contribution is 2.23. The van der Waals surface area contributed by atoms with Crippen molar-refractivity contribution >= 4 is 22.6 Å². The molecule has 104 valence electrons. The predicted octanol–water partition coefficient (Wildman–Crippen LogP) is 2.90. The molecule has 1 N–H and O–H groups in total. The molecule has 0 spiro atoms. The molecular weight excluding hydrogens is 250 g/mol. The number of nitrogens with one attached hydrogen (secondary N) is 1. The highest BCUT2D eigenvalue weighted by Gasteiger charge is 2.22. The van der Waals surface area contributed by atoms with Crippen LogP contribution in [0.15, 0.2) is 30.3 Å². The summed E-state index contributed by atoms with van der Waals surface area (Å²) in [5.74, 6) is 0.897. The molecule has 1 aromatic carbocycles. The van der Waals surface area contributed by atoms with Crippen molar-refractivity contribution in [2.75, 3.05) is 25.0 Å². The van der Waals surface area contributed by atoms with Gasteiger partial charge in [-0.2, -0.15) is 0 Å². The third-order valence-electron chi connectivity index (χ3n) is 3.70. The van der Waals surface area contributed by atoms with Crippen LogP contribution >= 0.6 is 0 Å². The third-order valence-corrected chi connectivity index (χ3v) is 3.70. The van der Waals surface area contributed by atoms with Gasteiger partial charge >= 0.3 is 0 Å². The minimum absolute atomic E-state index is 0.125. The highest BCUT2D eigenvalue weighted by molar-refractivity contribution is 6.07. The van der Waals surface area contributed by atoms with E-state index in [4.69, 9.17) is 0 Å². The van der Waals surface area contributed by atoms with Crippen LogP contribution in [-0.2, 0) is 0 Å². The lowest BCUT2D eigenvalue weighted by molar-refractivity contribution is 0.0794. The van der Waals surface area contributed by atoms with Crippen molar-refractivity contribution in [2.24, 2.45) is 0 Å². The molecule has 1 aliphatic heterocycles. The molecule has 4 heteroatoms. The Balaban J connectivity index is 2.08. The largest absolute Gasteiger partial charge is 0.370 e. The highest BCUT2D eigenvalue weighted by atomic mass is 16.2. The lowest BCUT2D eigenvalue weighted by Gasteiger charge is -2.17. The SMILES string of the molecule is CCNc1cc(C(=O)N2CCCC2)c2ccccc2n1. The summed E-state index contributed by atoms with van der Waals surface area (Å²) in [5.41, 5.74) is 1.63. The van der Waals surface area contributed by atoms with E-state index in [2.05, 4.69) is 10.3 Å². The number of carbonyl (C=O) groups excluding carboxylic acids is 1. The zero-order chi connectivity index (χ0) is 13.9. The summed E-state index contributed by atoms with van der Waals surface area (Å²) in [4.78, 5) is 19.2. The average molecular weight is 269 g/mol. The Morgan fingerprint density at radius 3 is 2.80 bits per heavy atom. The normalized spacial score (nSPS) is 14.8. The van der Waals surface area contributed by atoms with Crippen LogP contribution in [0.3, 0.4) is 0 Å². The number of aromatic nitrogens is 1. The van der Waals surface area contributed by atoms with Crippen LogP contribution in [0.2, 0.25) is 0 Å². The van der Waals surface area contributed by atoms with Crippen molar-refractivity contribution in [2.45, 2.75) is 19.8 Å². The van der Waals surface area contributed by atoms with E-state index in [0.717, 1.165) is 54.8 Å². The van der Waals surface area contributed by atoms with Crippen LogP contribution in [0.25, 0.3) is 10.9 Å². The van der Waals surface area contributed by atoms with Gasteiger partial charge in [0.25, 0.3) is 5.91 Å². The second-order valence-corrected chi connectivity index (χ2v) is 5.10. The Bertz CT molecular complexity index is 633. The van der Waals surface area contributed by atoms with E-state index < -0.39 is 0 Å². The number of carbonyl (C=O) groups is 1. The quantitative estimate of drug-likeness (QED) is 0.932. The van der Waals surface area contributed by atoms with Gasteiger partial charge in [0.05, 0.1) is 11.1 Å². The number of fused-ring (bicyclic) bond motifs is 1. The Morgan fingerprint density at radius 1 is 1.30 bits per heavy atom. The number of nitrogens with zero attached hydrogens (tertiary/aromatic N) is 2. The van der Waals surface area contributed by atoms with E-state index in [-0.39, 0.29) is 5.91 Å². The number of hydrogen-bond donors (Lipinski definition) is 1. The number of amides is 1. The maximum atomic E-state index is 12.7. The summed E-state index contributed by atoms with van der Waals surface area (Å²) >= 11 is 0. The van der Waals surface area contributed by atoms with Gasteiger partial charge in [-0.3, -0.25) is 4.79 Å². The summed E-state index contributed by atoms with van der Waals surface area (Å²) in [7, 11) is 0. The fourth-order valence-corrected chi connectivity index (χ4v) is 2.71. The van der Waals surface area contributed by atoms with Gasteiger partial charge in [-0.1, -0.05) is 18.2 Å². The Kier molecular flexibility index (Phi) is 3.54. The molecule has 20 heavy (non-hydrogen) atoms. The van der Waals surface area contributed by atoms with Gasteiger partial charge < -0.3 is 10.2 Å². The van der Waals surface area contributed by atoms with E-state index in [1.807, 2.05) is 42.2 Å². The van der Waals surface area contributed by atoms with Crippen LogP contribution in [0.1, 0.15) is 30.1 Å². The first-order chi connectivity index (χ1) is 9.79. The second-order valence-electron chi connectivity index (χ2n) is 5.10. The molecule has 3 rings (SSSR count). The lowest BCUT2D eigenvalue weighted by Crippen LogP contribution is -2.28. The molecule has 1 aromatic heterocycles. The molecule has 0 aliphatic carbocycles. The van der Waals surface area contributed by atoms with Gasteiger partial charge in [-0.15, -0.1) is 0 Å². The number of rotatable bonds is 3. The molecule has 0 radical (unpaired) electrons. The summed E-state index contributed by atoms with van der Waals surface area (Å²) in [5, 5.41) is 4.14. The number of pyridine rings is 1. The van der Waals surface area contributed by atoms with Crippen LogP contribution < -0.4 is 5.32 Å². The fourth-order valence-electron chi connectivity index (χ4n) is 2.71. The molecule has 4 nitrogen and oxygen atoms in total. The van der Waals surface area contributed by atoms with Gasteiger partial charge in [0.2, 0.25) is 0 Å². The summed E-state index contributed by atoms with van der Waals surface area (Å²) in [6.07, 6.45) is 2.21. The first-order valence-corrected chi connectivity index (χ1v) is 7.22. The number of para-hydroxylation sites is 1. The smallest absolute Gasteiger partial charge is 0.254 e. The predicted molar refractivity (Wildman–Crippen MR) is 81.0 cm³/mol. The standard InChI is InChI=1S/C16H19N3O/c1-2-17-15-11-13(16(20)19-9-5-6-10-19)12-7-3-4-8-14(12)18-15/h3-4,7-8,11H,2,5-6,9-10H2,1H3,(H,17,18). The van der Waals surface area contributed by atoms with Gasteiger partial charge in [-0.25, -0.2) is 4.98 Å². The van der Waals surface area contributed by atoms with E-state index in [1.165, 1.54) is 0 Å². The lowest BCUT2D eigenvalue weighted by atomic mass is 10.1. The van der Waals surface area contributed by atoms with E-state index in [0.29, 0.717) is 0 Å². The Hall–Kier alpha value is -2.10. The Labute approximate surface area is 118 Å². The molecular formula is C16H19N3O. The summed E-state index contributed by atoms with van der Waals surface area (Å²) < 4.78 is 0. The second kappa shape index (κ2) is 5.49. The van der Waals surface area contributed by atoms with Crippen LogP contribution in [0.4, 0.5) is 5.82 Å². The molecule has 2 heterocycles. The summed E-state index contributed by atoms with van der Waals surface area (Å²) in [6, 6.07) is 9.72. The number of likely N-dealkylation sites (tertiary alicyclic amines) is 1. The first kappa shape index (κ1) is 12.9. The molecule has 1 fully saturated rings. The molecule has 2 aromatic rings. The van der Waals surface area contributed by atoms with E-state index in [9.17, 15) is 4.79 Å². The van der Waals surface area contributed by atoms with Crippen LogP contribution in [-0.4, -0.2) is 35.4 Å². The fraction of sp³-hybridized carbons (Fsp3) is 0.375. The van der Waals surface area contributed by atoms with Gasteiger partial charge in [-0.05, 0) is 31.9 Å². The van der Waals surface area contributed by atoms with Crippen LogP contribution in [0.5, 0.6) is 0 Å². The van der Waals surface area contributed by atoms with Crippen molar-refractivity contribution in [1.29, 1.82) is 0 Å². The average Bonchev–Trinajstić information content (AvgIpc) is 3.00. The monoisotopic (exact) mass is 269 g/mol. The topological polar surface area (TPSA) is 45.2 Å². The summed E-state index contributed by atoms with van der Waals surface area (Å²) in [6.45, 7) is 4.56. The molecule has 0 atom stereocenters. The molecule has 0 saturated carbocycles. The molecule has 1 amide bonds. The van der Waals surface area contributed by atoms with Gasteiger partial charge in [0.15, 0.2) is 0 Å². The van der Waals surface area contributed by atoms with Gasteiger partial charge in [0.1, 0.15) is 5.82 Å². The minimum atomic E-state index is 0.125.